The van der Waals surface area contributed by atoms with Crippen LogP contribution in [0.15, 0.2) is 17.1 Å². The fourth-order valence-corrected chi connectivity index (χ4v) is 1.91. The Hall–Kier alpha value is -1.57. The molecule has 0 aliphatic rings. The summed E-state index contributed by atoms with van der Waals surface area (Å²) in [5.74, 6) is 0. The topological polar surface area (TPSA) is 32.9 Å². The fraction of sp³-hybridized carbons (Fsp3) is 0.308. The van der Waals surface area contributed by atoms with E-state index in [9.17, 15) is 4.79 Å². The highest BCUT2D eigenvalue weighted by Gasteiger charge is 2.07. The average molecular weight is 201 g/mol. The second-order valence-corrected chi connectivity index (χ2v) is 4.17. The first-order valence-corrected chi connectivity index (χ1v) is 5.11. The van der Waals surface area contributed by atoms with Gasteiger partial charge in [-0.25, -0.2) is 0 Å². The molecule has 0 unspecified atom stereocenters. The van der Waals surface area contributed by atoms with Crippen molar-refractivity contribution in [2.75, 3.05) is 0 Å². The Morgan fingerprint density at radius 3 is 2.33 bits per heavy atom. The molecule has 0 bridgehead atoms. The third kappa shape index (κ3) is 1.37. The van der Waals surface area contributed by atoms with Crippen molar-refractivity contribution in [1.82, 2.24) is 4.98 Å². The van der Waals surface area contributed by atoms with Gasteiger partial charge in [0.05, 0.1) is 5.52 Å². The lowest BCUT2D eigenvalue weighted by molar-refractivity contribution is 1.23. The number of nitrogens with one attached hydrogen (secondary N) is 1. The fourth-order valence-electron chi connectivity index (χ4n) is 1.91. The Kier molecular flexibility index (Phi) is 2.14. The summed E-state index contributed by atoms with van der Waals surface area (Å²) in [4.78, 5) is 15.1. The number of aryl methyl sites for hydroxylation is 3. The maximum Gasteiger partial charge on any atom is 0.192 e. The van der Waals surface area contributed by atoms with Gasteiger partial charge in [-0.05, 0) is 50.5 Å². The number of H-pyrrole nitrogens is 1. The highest BCUT2D eigenvalue weighted by Crippen LogP contribution is 2.20. The van der Waals surface area contributed by atoms with E-state index in [1.165, 1.54) is 16.7 Å². The van der Waals surface area contributed by atoms with E-state index < -0.39 is 0 Å². The lowest BCUT2D eigenvalue weighted by Crippen LogP contribution is -2.08. The molecule has 1 aromatic heterocycles. The second-order valence-electron chi connectivity index (χ2n) is 4.17. The summed E-state index contributed by atoms with van der Waals surface area (Å²) in [6, 6.07) is 1.98. The number of pyridine rings is 1. The zero-order valence-corrected chi connectivity index (χ0v) is 9.56. The van der Waals surface area contributed by atoms with Crippen molar-refractivity contribution < 1.29 is 0 Å². The number of fused-ring (bicyclic) bond motifs is 1. The van der Waals surface area contributed by atoms with E-state index in [0.29, 0.717) is 0 Å². The van der Waals surface area contributed by atoms with Crippen molar-refractivity contribution in [3.8, 4) is 0 Å². The van der Waals surface area contributed by atoms with Crippen molar-refractivity contribution in [3.63, 3.8) is 0 Å². The van der Waals surface area contributed by atoms with E-state index in [1.54, 1.807) is 6.20 Å². The molecule has 0 radical (unpaired) electrons. The minimum atomic E-state index is 0.134. The summed E-state index contributed by atoms with van der Waals surface area (Å²) in [6.07, 6.45) is 1.78. The molecule has 0 fully saturated rings. The van der Waals surface area contributed by atoms with Crippen LogP contribution in [0.25, 0.3) is 10.9 Å². The quantitative estimate of drug-likeness (QED) is 0.698. The van der Waals surface area contributed by atoms with Gasteiger partial charge in [0.1, 0.15) is 0 Å². The predicted octanol–water partition coefficient (Wildman–Crippen LogP) is 2.76. The molecule has 0 spiro atoms. The molecule has 0 saturated carbocycles. The summed E-state index contributed by atoms with van der Waals surface area (Å²) in [7, 11) is 0. The molecule has 1 heterocycles. The average Bonchev–Trinajstić information content (AvgIpc) is 2.21. The van der Waals surface area contributed by atoms with Crippen LogP contribution in [0.3, 0.4) is 0 Å². The van der Waals surface area contributed by atoms with Crippen molar-refractivity contribution >= 4 is 10.9 Å². The number of aromatic amines is 1. The molecule has 0 aliphatic heterocycles. The molecule has 2 nitrogen and oxygen atoms in total. The lowest BCUT2D eigenvalue weighted by Gasteiger charge is -2.09. The molecule has 78 valence electrons. The Morgan fingerprint density at radius 2 is 1.67 bits per heavy atom. The zero-order chi connectivity index (χ0) is 11.2. The predicted molar refractivity (Wildman–Crippen MR) is 63.5 cm³/mol. The SMILES string of the molecule is Cc1cc2c(=O)c(C)c[nH]c2c(C)c1C. The van der Waals surface area contributed by atoms with Crippen molar-refractivity contribution in [2.45, 2.75) is 27.7 Å². The van der Waals surface area contributed by atoms with Crippen molar-refractivity contribution in [3.05, 3.63) is 44.7 Å². The Balaban J connectivity index is 3.05. The third-order valence-electron chi connectivity index (χ3n) is 3.19. The number of aromatic nitrogens is 1. The first-order chi connectivity index (χ1) is 7.02. The van der Waals surface area contributed by atoms with Crippen LogP contribution in [0.2, 0.25) is 0 Å². The number of hydrogen-bond acceptors (Lipinski definition) is 1. The van der Waals surface area contributed by atoms with Crippen LogP contribution in [-0.4, -0.2) is 4.98 Å². The summed E-state index contributed by atoms with van der Waals surface area (Å²) in [6.45, 7) is 8.02. The van der Waals surface area contributed by atoms with E-state index in [4.69, 9.17) is 0 Å². The van der Waals surface area contributed by atoms with Crippen LogP contribution in [0.1, 0.15) is 22.3 Å². The van der Waals surface area contributed by atoms with Gasteiger partial charge in [0, 0.05) is 17.1 Å². The van der Waals surface area contributed by atoms with Gasteiger partial charge in [0.15, 0.2) is 5.43 Å². The van der Waals surface area contributed by atoms with E-state index >= 15 is 0 Å². The number of benzene rings is 1. The summed E-state index contributed by atoms with van der Waals surface area (Å²) >= 11 is 0. The first kappa shape index (κ1) is 9.97. The molecular weight excluding hydrogens is 186 g/mol. The summed E-state index contributed by atoms with van der Waals surface area (Å²) < 4.78 is 0. The molecular formula is C13H15NO. The maximum absolute atomic E-state index is 11.9. The number of hydrogen-bond donors (Lipinski definition) is 1. The van der Waals surface area contributed by atoms with Crippen LogP contribution >= 0.6 is 0 Å². The largest absolute Gasteiger partial charge is 0.360 e. The Bertz CT molecular complexity index is 593. The maximum atomic E-state index is 11.9. The second kappa shape index (κ2) is 3.23. The van der Waals surface area contributed by atoms with Gasteiger partial charge in [-0.1, -0.05) is 0 Å². The molecule has 1 aromatic carbocycles. The normalized spacial score (nSPS) is 10.9. The van der Waals surface area contributed by atoms with Crippen molar-refractivity contribution in [1.29, 1.82) is 0 Å². The summed E-state index contributed by atoms with van der Waals surface area (Å²) in [5.41, 5.74) is 5.47. The molecule has 15 heavy (non-hydrogen) atoms. The van der Waals surface area contributed by atoms with Gasteiger partial charge in [-0.3, -0.25) is 4.79 Å². The Morgan fingerprint density at radius 1 is 1.00 bits per heavy atom. The summed E-state index contributed by atoms with van der Waals surface area (Å²) in [5, 5.41) is 0.801. The van der Waals surface area contributed by atoms with E-state index in [-0.39, 0.29) is 5.43 Å². The van der Waals surface area contributed by atoms with Crippen molar-refractivity contribution in [2.24, 2.45) is 0 Å². The standard InChI is InChI=1S/C13H15NO/c1-7-5-11-12(10(4)9(7)3)14-6-8(2)13(11)15/h5-6H,1-4H3,(H,14,15). The van der Waals surface area contributed by atoms with Crippen LogP contribution in [0.4, 0.5) is 0 Å². The lowest BCUT2D eigenvalue weighted by atomic mass is 9.99. The van der Waals surface area contributed by atoms with Crippen LogP contribution < -0.4 is 5.43 Å². The van der Waals surface area contributed by atoms with E-state index in [0.717, 1.165) is 16.5 Å². The molecule has 0 saturated heterocycles. The van der Waals surface area contributed by atoms with Gasteiger partial charge >= 0.3 is 0 Å². The van der Waals surface area contributed by atoms with Gasteiger partial charge in [0.2, 0.25) is 0 Å². The smallest absolute Gasteiger partial charge is 0.192 e. The third-order valence-corrected chi connectivity index (χ3v) is 3.19. The van der Waals surface area contributed by atoms with Crippen LogP contribution in [-0.2, 0) is 0 Å². The molecule has 2 aromatic rings. The van der Waals surface area contributed by atoms with Gasteiger partial charge in [0.25, 0.3) is 0 Å². The Labute approximate surface area is 89.0 Å². The molecule has 0 aliphatic carbocycles. The number of rotatable bonds is 0. The van der Waals surface area contributed by atoms with Gasteiger partial charge in [-0.2, -0.15) is 0 Å². The molecule has 1 N–H and O–H groups in total. The zero-order valence-electron chi connectivity index (χ0n) is 9.56. The van der Waals surface area contributed by atoms with Crippen LogP contribution in [0.5, 0.6) is 0 Å². The first-order valence-electron chi connectivity index (χ1n) is 5.11. The van der Waals surface area contributed by atoms with Gasteiger partial charge in [-0.15, -0.1) is 0 Å². The van der Waals surface area contributed by atoms with Gasteiger partial charge < -0.3 is 4.98 Å². The molecule has 0 atom stereocenters. The van der Waals surface area contributed by atoms with E-state index in [1.807, 2.05) is 19.9 Å². The molecule has 2 rings (SSSR count). The minimum Gasteiger partial charge on any atom is -0.360 e. The highest BCUT2D eigenvalue weighted by atomic mass is 16.1. The molecule has 0 amide bonds. The van der Waals surface area contributed by atoms with Crippen LogP contribution in [0, 0.1) is 27.7 Å². The highest BCUT2D eigenvalue weighted by molar-refractivity contribution is 5.84. The minimum absolute atomic E-state index is 0.134. The monoisotopic (exact) mass is 201 g/mol. The van der Waals surface area contributed by atoms with E-state index in [2.05, 4.69) is 18.8 Å². The molecule has 2 heteroatoms.